The second kappa shape index (κ2) is 9.46. The maximum Gasteiger partial charge on any atom is 0.337 e. The first-order valence-corrected chi connectivity index (χ1v) is 12.2. The number of methoxy groups -OCH3 is 1. The molecule has 0 unspecified atom stereocenters. The summed E-state index contributed by atoms with van der Waals surface area (Å²) >= 11 is 1.29. The van der Waals surface area contributed by atoms with E-state index in [1.807, 2.05) is 0 Å². The molecule has 0 bridgehead atoms. The van der Waals surface area contributed by atoms with Crippen LogP contribution >= 0.6 is 11.3 Å². The van der Waals surface area contributed by atoms with Crippen LogP contribution < -0.4 is 21.3 Å². The number of carbonyl (C=O) groups is 2. The van der Waals surface area contributed by atoms with E-state index in [1.54, 1.807) is 59.5 Å². The summed E-state index contributed by atoms with van der Waals surface area (Å²) < 4.78 is 7.67. The van der Waals surface area contributed by atoms with Gasteiger partial charge in [-0.1, -0.05) is 24.3 Å². The number of fused-ring (bicyclic) bond motifs is 3. The highest BCUT2D eigenvalue weighted by Gasteiger charge is 2.28. The smallest absolute Gasteiger partial charge is 0.337 e. The van der Waals surface area contributed by atoms with Crippen molar-refractivity contribution in [1.29, 1.82) is 0 Å². The summed E-state index contributed by atoms with van der Waals surface area (Å²) in [7, 11) is 1.54. The molecule has 0 spiro atoms. The molecule has 0 atom stereocenters. The molecule has 36 heavy (non-hydrogen) atoms. The Morgan fingerprint density at radius 2 is 1.86 bits per heavy atom. The number of aromatic nitrogens is 2. The summed E-state index contributed by atoms with van der Waals surface area (Å²) in [6, 6.07) is 15.6. The highest BCUT2D eigenvalue weighted by molar-refractivity contribution is 7.18. The lowest BCUT2D eigenvalue weighted by Gasteiger charge is -2.25. The van der Waals surface area contributed by atoms with Gasteiger partial charge < -0.3 is 15.0 Å². The van der Waals surface area contributed by atoms with E-state index in [2.05, 4.69) is 5.32 Å². The predicted octanol–water partition coefficient (Wildman–Crippen LogP) is 2.77. The van der Waals surface area contributed by atoms with E-state index in [1.165, 1.54) is 29.9 Å². The average Bonchev–Trinajstić information content (AvgIpc) is 3.26. The second-order valence-corrected chi connectivity index (χ2v) is 9.58. The van der Waals surface area contributed by atoms with Crippen molar-refractivity contribution in [1.82, 2.24) is 14.0 Å². The number of nitrogens with zero attached hydrogens (tertiary/aromatic N) is 3. The van der Waals surface area contributed by atoms with Gasteiger partial charge in [0.25, 0.3) is 5.56 Å². The van der Waals surface area contributed by atoms with Crippen molar-refractivity contribution in [2.75, 3.05) is 19.0 Å². The second-order valence-electron chi connectivity index (χ2n) is 8.50. The number of amides is 2. The minimum absolute atomic E-state index is 0.0464. The van der Waals surface area contributed by atoms with Crippen LogP contribution in [0.1, 0.15) is 17.4 Å². The zero-order chi connectivity index (χ0) is 25.4. The minimum Gasteiger partial charge on any atom is -0.497 e. The van der Waals surface area contributed by atoms with Gasteiger partial charge in [-0.3, -0.25) is 19.0 Å². The molecule has 184 valence electrons. The number of ether oxygens (including phenoxy) is 1. The average molecular weight is 505 g/mol. The highest BCUT2D eigenvalue weighted by atomic mass is 32.1. The van der Waals surface area contributed by atoms with Crippen LogP contribution in [0, 0.1) is 0 Å². The number of anilines is 1. The Morgan fingerprint density at radius 1 is 1.08 bits per heavy atom. The van der Waals surface area contributed by atoms with Crippen molar-refractivity contribution >= 4 is 39.1 Å². The third kappa shape index (κ3) is 4.20. The van der Waals surface area contributed by atoms with Crippen LogP contribution in [0.25, 0.3) is 15.9 Å². The molecule has 5 rings (SSSR count). The summed E-state index contributed by atoms with van der Waals surface area (Å²) in [6.07, 6.45) is 0.507. The van der Waals surface area contributed by atoms with E-state index in [0.717, 1.165) is 15.0 Å². The number of thiophene rings is 1. The van der Waals surface area contributed by atoms with Gasteiger partial charge in [0.1, 0.15) is 17.1 Å². The Morgan fingerprint density at radius 3 is 2.58 bits per heavy atom. The van der Waals surface area contributed by atoms with Crippen molar-refractivity contribution in [2.45, 2.75) is 26.4 Å². The Balaban J connectivity index is 1.64. The SMILES string of the molecule is COc1cccc(NC(=O)Cn2c(=O)n(-c3ccccc3)c(=O)c3c4c(sc32)CN(C(C)=O)CC4)c1. The zero-order valence-electron chi connectivity index (χ0n) is 19.8. The molecule has 0 radical (unpaired) electrons. The number of benzene rings is 2. The van der Waals surface area contributed by atoms with Crippen molar-refractivity contribution in [3.8, 4) is 11.4 Å². The van der Waals surface area contributed by atoms with Crippen LogP contribution in [0.4, 0.5) is 5.69 Å². The van der Waals surface area contributed by atoms with Crippen molar-refractivity contribution < 1.29 is 14.3 Å². The van der Waals surface area contributed by atoms with Crippen LogP contribution in [-0.2, 0) is 29.1 Å². The number of hydrogen-bond acceptors (Lipinski definition) is 6. The number of carbonyl (C=O) groups excluding carboxylic acids is 2. The van der Waals surface area contributed by atoms with E-state index in [9.17, 15) is 19.2 Å². The Hall–Kier alpha value is -4.18. The monoisotopic (exact) mass is 504 g/mol. The van der Waals surface area contributed by atoms with Gasteiger partial charge in [-0.15, -0.1) is 11.3 Å². The molecule has 9 nitrogen and oxygen atoms in total. The van der Waals surface area contributed by atoms with Gasteiger partial charge in [-0.05, 0) is 36.2 Å². The maximum atomic E-state index is 13.7. The topological polar surface area (TPSA) is 103 Å². The van der Waals surface area contributed by atoms with Gasteiger partial charge in [-0.25, -0.2) is 9.36 Å². The van der Waals surface area contributed by atoms with Crippen LogP contribution in [0.3, 0.4) is 0 Å². The van der Waals surface area contributed by atoms with Crippen LogP contribution in [0.5, 0.6) is 5.75 Å². The molecule has 0 saturated carbocycles. The summed E-state index contributed by atoms with van der Waals surface area (Å²) in [4.78, 5) is 55.3. The molecule has 1 aliphatic heterocycles. The fourth-order valence-electron chi connectivity index (χ4n) is 4.46. The van der Waals surface area contributed by atoms with Gasteiger partial charge in [-0.2, -0.15) is 0 Å². The van der Waals surface area contributed by atoms with E-state index in [0.29, 0.717) is 46.9 Å². The van der Waals surface area contributed by atoms with Gasteiger partial charge >= 0.3 is 5.69 Å². The van der Waals surface area contributed by atoms with Gasteiger partial charge in [0, 0.05) is 30.1 Å². The Labute approximate surface area is 210 Å². The van der Waals surface area contributed by atoms with E-state index in [4.69, 9.17) is 4.74 Å². The number of nitrogens with one attached hydrogen (secondary N) is 1. The first kappa shape index (κ1) is 23.6. The van der Waals surface area contributed by atoms with Crippen molar-refractivity contribution in [3.05, 3.63) is 85.9 Å². The van der Waals surface area contributed by atoms with Crippen LogP contribution in [0.2, 0.25) is 0 Å². The molecule has 1 N–H and O–H groups in total. The first-order valence-electron chi connectivity index (χ1n) is 11.4. The highest BCUT2D eigenvalue weighted by Crippen LogP contribution is 2.33. The van der Waals surface area contributed by atoms with Crippen LogP contribution in [-0.4, -0.2) is 39.5 Å². The summed E-state index contributed by atoms with van der Waals surface area (Å²) in [5.74, 6) is 0.127. The molecule has 2 aromatic carbocycles. The lowest BCUT2D eigenvalue weighted by molar-refractivity contribution is -0.129. The maximum absolute atomic E-state index is 13.7. The molecule has 3 heterocycles. The molecule has 4 aromatic rings. The van der Waals surface area contributed by atoms with Gasteiger partial charge in [0.05, 0.1) is 24.7 Å². The minimum atomic E-state index is -0.596. The lowest BCUT2D eigenvalue weighted by Crippen LogP contribution is -2.40. The molecule has 10 heteroatoms. The largest absolute Gasteiger partial charge is 0.497 e. The summed E-state index contributed by atoms with van der Waals surface area (Å²) in [5, 5.41) is 3.23. The van der Waals surface area contributed by atoms with Crippen LogP contribution in [0.15, 0.2) is 64.2 Å². The Bertz CT molecular complexity index is 1600. The standard InChI is InChI=1S/C26H24N4O5S/c1-16(31)28-12-11-20-21(14-28)36-25-23(20)24(33)30(18-8-4-3-5-9-18)26(34)29(25)15-22(32)27-17-7-6-10-19(13-17)35-2/h3-10,13H,11-12,14-15H2,1-2H3,(H,27,32). The zero-order valence-corrected chi connectivity index (χ0v) is 20.6. The summed E-state index contributed by atoms with van der Waals surface area (Å²) in [6.45, 7) is 2.10. The van der Waals surface area contributed by atoms with Crippen molar-refractivity contribution in [3.63, 3.8) is 0 Å². The molecule has 2 aromatic heterocycles. The van der Waals surface area contributed by atoms with Gasteiger partial charge in [0.2, 0.25) is 11.8 Å². The molecule has 0 saturated heterocycles. The number of rotatable bonds is 5. The lowest BCUT2D eigenvalue weighted by atomic mass is 10.1. The first-order chi connectivity index (χ1) is 17.4. The fraction of sp³-hybridized carbons (Fsp3) is 0.231. The number of hydrogen-bond donors (Lipinski definition) is 1. The fourth-order valence-corrected chi connectivity index (χ4v) is 5.81. The van der Waals surface area contributed by atoms with E-state index >= 15 is 0 Å². The predicted molar refractivity (Wildman–Crippen MR) is 138 cm³/mol. The molecule has 0 aliphatic carbocycles. The normalized spacial score (nSPS) is 12.9. The Kier molecular flexibility index (Phi) is 6.19. The molecule has 1 aliphatic rings. The number of para-hydroxylation sites is 1. The molecular weight excluding hydrogens is 480 g/mol. The van der Waals surface area contributed by atoms with E-state index in [-0.39, 0.29) is 12.5 Å². The van der Waals surface area contributed by atoms with Gasteiger partial charge in [0.15, 0.2) is 0 Å². The molecular formula is C26H24N4O5S. The van der Waals surface area contributed by atoms with E-state index < -0.39 is 17.2 Å². The molecule has 2 amide bonds. The van der Waals surface area contributed by atoms with Crippen molar-refractivity contribution in [2.24, 2.45) is 0 Å². The third-order valence-corrected chi connectivity index (χ3v) is 7.48. The summed E-state index contributed by atoms with van der Waals surface area (Å²) in [5.41, 5.74) is 0.783. The quantitative estimate of drug-likeness (QED) is 0.450. The third-order valence-electron chi connectivity index (χ3n) is 6.24. The molecule has 0 fully saturated rings.